The Bertz CT molecular complexity index is 652. The van der Waals surface area contributed by atoms with Crippen LogP contribution in [0.3, 0.4) is 0 Å². The van der Waals surface area contributed by atoms with E-state index in [1.807, 2.05) is 0 Å². The molecule has 2 aliphatic rings. The standard InChI is InChI=1S/C23H36O2Si/c1-16(2)26(17(3)4,18(5)6)25-22-15-19-11-7-8-12-20(19)23-21(22)13-9-10-14-24-23/h9-10,15-18H,7-8,11-14H2,1-6H3. The molecule has 144 valence electrons. The molecule has 0 atom stereocenters. The second kappa shape index (κ2) is 7.80. The van der Waals surface area contributed by atoms with Gasteiger partial charge < -0.3 is 9.16 Å². The van der Waals surface area contributed by atoms with Crippen molar-refractivity contribution in [2.75, 3.05) is 6.61 Å². The summed E-state index contributed by atoms with van der Waals surface area (Å²) in [6.07, 6.45) is 10.2. The van der Waals surface area contributed by atoms with Crippen LogP contribution in [0.5, 0.6) is 11.5 Å². The van der Waals surface area contributed by atoms with Gasteiger partial charge in [0.05, 0.1) is 0 Å². The van der Waals surface area contributed by atoms with Crippen molar-refractivity contribution in [1.82, 2.24) is 0 Å². The molecule has 0 fully saturated rings. The third kappa shape index (κ3) is 3.35. The van der Waals surface area contributed by atoms with Crippen molar-refractivity contribution in [3.63, 3.8) is 0 Å². The fraction of sp³-hybridized carbons (Fsp3) is 0.652. The lowest BCUT2D eigenvalue weighted by Crippen LogP contribution is -2.51. The van der Waals surface area contributed by atoms with Gasteiger partial charge in [-0.2, -0.15) is 0 Å². The van der Waals surface area contributed by atoms with Crippen LogP contribution in [-0.2, 0) is 19.3 Å². The molecule has 0 N–H and O–H groups in total. The Balaban J connectivity index is 2.13. The van der Waals surface area contributed by atoms with Gasteiger partial charge in [-0.3, -0.25) is 0 Å². The van der Waals surface area contributed by atoms with Crippen LogP contribution in [0.25, 0.3) is 0 Å². The highest BCUT2D eigenvalue weighted by Crippen LogP contribution is 2.47. The predicted molar refractivity (Wildman–Crippen MR) is 113 cm³/mol. The number of aryl methyl sites for hydroxylation is 1. The normalized spacial score (nSPS) is 17.1. The Morgan fingerprint density at radius 1 is 0.885 bits per heavy atom. The Kier molecular flexibility index (Phi) is 5.86. The summed E-state index contributed by atoms with van der Waals surface area (Å²) >= 11 is 0. The minimum absolute atomic E-state index is 0.580. The van der Waals surface area contributed by atoms with Crippen LogP contribution in [0.15, 0.2) is 18.2 Å². The summed E-state index contributed by atoms with van der Waals surface area (Å²) in [4.78, 5) is 0. The number of ether oxygens (including phenoxy) is 1. The Hall–Kier alpha value is -1.22. The van der Waals surface area contributed by atoms with E-state index >= 15 is 0 Å². The topological polar surface area (TPSA) is 18.5 Å². The minimum Gasteiger partial charge on any atom is -0.542 e. The summed E-state index contributed by atoms with van der Waals surface area (Å²) in [5.74, 6) is 2.26. The van der Waals surface area contributed by atoms with Crippen LogP contribution in [0, 0.1) is 0 Å². The molecular formula is C23H36O2Si. The van der Waals surface area contributed by atoms with Crippen LogP contribution in [0.1, 0.15) is 71.1 Å². The first kappa shape index (κ1) is 19.5. The molecule has 0 saturated carbocycles. The van der Waals surface area contributed by atoms with E-state index in [2.05, 4.69) is 59.8 Å². The molecule has 0 unspecified atom stereocenters. The van der Waals surface area contributed by atoms with Gasteiger partial charge in [-0.15, -0.1) is 0 Å². The average Bonchev–Trinajstić information content (AvgIpc) is 2.84. The van der Waals surface area contributed by atoms with Gasteiger partial charge in [-0.1, -0.05) is 53.7 Å². The molecule has 0 radical (unpaired) electrons. The molecule has 0 amide bonds. The van der Waals surface area contributed by atoms with Gasteiger partial charge in [-0.25, -0.2) is 0 Å². The first-order chi connectivity index (χ1) is 12.4. The van der Waals surface area contributed by atoms with Gasteiger partial charge in [-0.05, 0) is 65.9 Å². The van der Waals surface area contributed by atoms with Gasteiger partial charge in [0.2, 0.25) is 0 Å². The summed E-state index contributed by atoms with van der Waals surface area (Å²) in [6.45, 7) is 14.8. The molecule has 0 spiro atoms. The molecule has 1 aliphatic heterocycles. The third-order valence-corrected chi connectivity index (χ3v) is 12.5. The summed E-state index contributed by atoms with van der Waals surface area (Å²) in [6, 6.07) is 2.38. The minimum atomic E-state index is -1.97. The predicted octanol–water partition coefficient (Wildman–Crippen LogP) is 6.61. The van der Waals surface area contributed by atoms with E-state index in [0.717, 1.165) is 30.8 Å². The second-order valence-corrected chi connectivity index (χ2v) is 14.3. The fourth-order valence-electron chi connectivity index (χ4n) is 5.29. The largest absolute Gasteiger partial charge is 0.542 e. The van der Waals surface area contributed by atoms with E-state index in [9.17, 15) is 0 Å². The maximum atomic E-state index is 7.13. The van der Waals surface area contributed by atoms with Crippen molar-refractivity contribution in [1.29, 1.82) is 0 Å². The van der Waals surface area contributed by atoms with E-state index in [4.69, 9.17) is 9.16 Å². The maximum absolute atomic E-state index is 7.13. The van der Waals surface area contributed by atoms with Crippen molar-refractivity contribution in [2.45, 2.75) is 90.3 Å². The first-order valence-corrected chi connectivity index (χ1v) is 12.7. The van der Waals surface area contributed by atoms with Gasteiger partial charge >= 0.3 is 0 Å². The summed E-state index contributed by atoms with van der Waals surface area (Å²) < 4.78 is 13.4. The number of hydrogen-bond donors (Lipinski definition) is 0. The van der Waals surface area contributed by atoms with Gasteiger partial charge in [0.15, 0.2) is 0 Å². The Morgan fingerprint density at radius 3 is 2.19 bits per heavy atom. The highest BCUT2D eigenvalue weighted by molar-refractivity contribution is 6.78. The molecule has 1 aliphatic carbocycles. The molecule has 2 nitrogen and oxygen atoms in total. The van der Waals surface area contributed by atoms with E-state index in [-0.39, 0.29) is 0 Å². The number of hydrogen-bond acceptors (Lipinski definition) is 2. The lowest BCUT2D eigenvalue weighted by Gasteiger charge is -2.43. The zero-order valence-corrected chi connectivity index (χ0v) is 18.5. The van der Waals surface area contributed by atoms with Crippen LogP contribution in [-0.4, -0.2) is 14.9 Å². The molecule has 26 heavy (non-hydrogen) atoms. The fourth-order valence-corrected chi connectivity index (χ4v) is 10.6. The van der Waals surface area contributed by atoms with E-state index in [1.165, 1.54) is 29.5 Å². The number of rotatable bonds is 5. The highest BCUT2D eigenvalue weighted by atomic mass is 28.4. The number of allylic oxidation sites excluding steroid dienone is 1. The van der Waals surface area contributed by atoms with Gasteiger partial charge in [0.25, 0.3) is 8.32 Å². The van der Waals surface area contributed by atoms with Crippen molar-refractivity contribution in [2.24, 2.45) is 0 Å². The maximum Gasteiger partial charge on any atom is 0.258 e. The van der Waals surface area contributed by atoms with Crippen molar-refractivity contribution >= 4 is 8.32 Å². The number of benzene rings is 1. The first-order valence-electron chi connectivity index (χ1n) is 10.5. The van der Waals surface area contributed by atoms with Crippen LogP contribution >= 0.6 is 0 Å². The molecule has 3 heteroatoms. The Morgan fingerprint density at radius 2 is 1.54 bits per heavy atom. The molecule has 0 aromatic heterocycles. The van der Waals surface area contributed by atoms with Gasteiger partial charge in [0.1, 0.15) is 18.1 Å². The lowest BCUT2D eigenvalue weighted by atomic mass is 9.88. The second-order valence-electron chi connectivity index (χ2n) is 8.93. The zero-order valence-electron chi connectivity index (χ0n) is 17.5. The smallest absolute Gasteiger partial charge is 0.258 e. The molecule has 3 rings (SSSR count). The highest BCUT2D eigenvalue weighted by Gasteiger charge is 2.47. The van der Waals surface area contributed by atoms with Crippen molar-refractivity contribution in [3.05, 3.63) is 34.9 Å². The van der Waals surface area contributed by atoms with Crippen LogP contribution in [0.4, 0.5) is 0 Å². The average molecular weight is 373 g/mol. The monoisotopic (exact) mass is 372 g/mol. The van der Waals surface area contributed by atoms with E-state index < -0.39 is 8.32 Å². The molecule has 1 aromatic rings. The SMILES string of the molecule is CC(C)[Si](Oc1cc2c(c3c1CC=CCO3)CCCC2)(C(C)C)C(C)C. The quantitative estimate of drug-likeness (QED) is 0.427. The zero-order chi connectivity index (χ0) is 18.9. The van der Waals surface area contributed by atoms with Crippen molar-refractivity contribution < 1.29 is 9.16 Å². The van der Waals surface area contributed by atoms with Crippen LogP contribution in [0.2, 0.25) is 16.6 Å². The molecule has 1 heterocycles. The van der Waals surface area contributed by atoms with Crippen LogP contribution < -0.4 is 9.16 Å². The summed E-state index contributed by atoms with van der Waals surface area (Å²) in [5.41, 5.74) is 5.95. The Labute approximate surface area is 161 Å². The summed E-state index contributed by atoms with van der Waals surface area (Å²) in [5, 5.41) is 0. The van der Waals surface area contributed by atoms with Crippen molar-refractivity contribution in [3.8, 4) is 11.5 Å². The molecule has 0 saturated heterocycles. The summed E-state index contributed by atoms with van der Waals surface area (Å²) in [7, 11) is -1.97. The molecular weight excluding hydrogens is 336 g/mol. The molecule has 0 bridgehead atoms. The molecule has 1 aromatic carbocycles. The number of fused-ring (bicyclic) bond motifs is 3. The lowest BCUT2D eigenvalue weighted by molar-refractivity contribution is 0.353. The van der Waals surface area contributed by atoms with E-state index in [0.29, 0.717) is 23.2 Å². The third-order valence-electron chi connectivity index (χ3n) is 6.47. The van der Waals surface area contributed by atoms with E-state index in [1.54, 1.807) is 0 Å². The van der Waals surface area contributed by atoms with Gasteiger partial charge in [0, 0.05) is 5.56 Å².